The summed E-state index contributed by atoms with van der Waals surface area (Å²) in [5.74, 6) is 1.53. The van der Waals surface area contributed by atoms with E-state index in [0.717, 1.165) is 57.9 Å². The van der Waals surface area contributed by atoms with Crippen LogP contribution in [0.2, 0.25) is 0 Å². The maximum absolute atomic E-state index is 12.6. The highest BCUT2D eigenvalue weighted by Gasteiger charge is 2.35. The zero-order chi connectivity index (χ0) is 19.1. The van der Waals surface area contributed by atoms with Gasteiger partial charge in [-0.15, -0.1) is 24.0 Å². The van der Waals surface area contributed by atoms with Gasteiger partial charge in [0.25, 0.3) is 0 Å². The number of methoxy groups -OCH3 is 1. The highest BCUT2D eigenvalue weighted by molar-refractivity contribution is 14.0. The van der Waals surface area contributed by atoms with Gasteiger partial charge in [-0.1, -0.05) is 25.7 Å². The van der Waals surface area contributed by atoms with Gasteiger partial charge in [0.1, 0.15) is 0 Å². The van der Waals surface area contributed by atoms with E-state index in [1.807, 2.05) is 7.05 Å². The molecule has 1 unspecified atom stereocenters. The largest absolute Gasteiger partial charge is 0.385 e. The highest BCUT2D eigenvalue weighted by Crippen LogP contribution is 2.40. The lowest BCUT2D eigenvalue weighted by atomic mass is 9.83. The maximum atomic E-state index is 12.6. The number of guanidine groups is 1. The molecular formula is C21H39IN4O2. The van der Waals surface area contributed by atoms with Crippen molar-refractivity contribution < 1.29 is 9.53 Å². The summed E-state index contributed by atoms with van der Waals surface area (Å²) >= 11 is 0. The third kappa shape index (κ3) is 6.21. The molecule has 1 aliphatic heterocycles. The first-order valence-electron chi connectivity index (χ1n) is 10.9. The predicted molar refractivity (Wildman–Crippen MR) is 124 cm³/mol. The lowest BCUT2D eigenvalue weighted by Gasteiger charge is -2.30. The number of carbonyl (C=O) groups excluding carboxylic acids is 1. The van der Waals surface area contributed by atoms with Crippen LogP contribution in [0.1, 0.15) is 64.2 Å². The Morgan fingerprint density at radius 3 is 2.54 bits per heavy atom. The minimum absolute atomic E-state index is 0. The number of nitrogens with zero attached hydrogens (tertiary/aromatic N) is 2. The van der Waals surface area contributed by atoms with Crippen molar-refractivity contribution in [3.63, 3.8) is 0 Å². The van der Waals surface area contributed by atoms with E-state index >= 15 is 0 Å². The molecule has 0 aromatic rings. The summed E-state index contributed by atoms with van der Waals surface area (Å²) in [6.45, 7) is 3.47. The van der Waals surface area contributed by atoms with Gasteiger partial charge in [-0.25, -0.2) is 0 Å². The topological polar surface area (TPSA) is 66.0 Å². The van der Waals surface area contributed by atoms with E-state index in [1.54, 1.807) is 7.11 Å². The first kappa shape index (κ1) is 23.7. The summed E-state index contributed by atoms with van der Waals surface area (Å²) in [5, 5.41) is 7.12. The number of halogens is 1. The molecular weight excluding hydrogens is 467 g/mol. The zero-order valence-corrected chi connectivity index (χ0v) is 20.0. The Balaban J connectivity index is 0.00000280. The van der Waals surface area contributed by atoms with Crippen LogP contribution in [0.25, 0.3) is 0 Å². The number of hydrogen-bond donors (Lipinski definition) is 2. The average Bonchev–Trinajstić information content (AvgIpc) is 3.45. The molecule has 7 heteroatoms. The fourth-order valence-corrected chi connectivity index (χ4v) is 5.13. The van der Waals surface area contributed by atoms with Crippen molar-refractivity contribution in [1.29, 1.82) is 0 Å². The quantitative estimate of drug-likeness (QED) is 0.317. The molecule has 0 radical (unpaired) electrons. The maximum Gasteiger partial charge on any atom is 0.225 e. The van der Waals surface area contributed by atoms with Gasteiger partial charge in [-0.2, -0.15) is 0 Å². The van der Waals surface area contributed by atoms with Crippen molar-refractivity contribution in [3.05, 3.63) is 0 Å². The van der Waals surface area contributed by atoms with E-state index < -0.39 is 0 Å². The summed E-state index contributed by atoms with van der Waals surface area (Å²) < 4.78 is 5.33. The van der Waals surface area contributed by atoms with Crippen LogP contribution in [0.5, 0.6) is 0 Å². The van der Waals surface area contributed by atoms with Crippen molar-refractivity contribution in [2.45, 2.75) is 70.3 Å². The molecule has 1 atom stereocenters. The third-order valence-corrected chi connectivity index (χ3v) is 6.90. The molecule has 0 aromatic heterocycles. The highest BCUT2D eigenvalue weighted by atomic mass is 127. The minimum atomic E-state index is 0. The molecule has 2 saturated carbocycles. The fraction of sp³-hybridized carbons (Fsp3) is 0.905. The second-order valence-electron chi connectivity index (χ2n) is 8.77. The number of aliphatic imine (C=N–C) groups is 1. The van der Waals surface area contributed by atoms with Gasteiger partial charge < -0.3 is 20.3 Å². The smallest absolute Gasteiger partial charge is 0.225 e. The fourth-order valence-electron chi connectivity index (χ4n) is 5.13. The lowest BCUT2D eigenvalue weighted by molar-refractivity contribution is -0.134. The molecule has 28 heavy (non-hydrogen) atoms. The molecule has 3 rings (SSSR count). The number of hydrogen-bond acceptors (Lipinski definition) is 3. The number of ether oxygens (including phenoxy) is 1. The standard InChI is InChI=1S/C21H38N4O2.HI/c1-22-20(23-16-21(12-14-27-2)10-5-6-11-21)24-18-9-13-25(15-18)19(26)17-7-3-4-8-17;/h17-18H,3-16H2,1-2H3,(H2,22,23,24);1H. The van der Waals surface area contributed by atoms with E-state index in [-0.39, 0.29) is 29.9 Å². The average molecular weight is 506 g/mol. The van der Waals surface area contributed by atoms with Crippen LogP contribution >= 0.6 is 24.0 Å². The molecule has 3 fully saturated rings. The molecule has 1 amide bonds. The minimum Gasteiger partial charge on any atom is -0.385 e. The third-order valence-electron chi connectivity index (χ3n) is 6.90. The van der Waals surface area contributed by atoms with Crippen LogP contribution in [0.3, 0.4) is 0 Å². The van der Waals surface area contributed by atoms with Gasteiger partial charge in [0, 0.05) is 52.4 Å². The summed E-state index contributed by atoms with van der Waals surface area (Å²) in [7, 11) is 3.62. The van der Waals surface area contributed by atoms with E-state index in [4.69, 9.17) is 4.74 Å². The van der Waals surface area contributed by atoms with E-state index in [1.165, 1.54) is 38.5 Å². The molecule has 0 aromatic carbocycles. The Labute approximate surface area is 187 Å². The monoisotopic (exact) mass is 506 g/mol. The van der Waals surface area contributed by atoms with Crippen LogP contribution in [-0.4, -0.2) is 63.2 Å². The normalized spacial score (nSPS) is 25.0. The zero-order valence-electron chi connectivity index (χ0n) is 17.7. The van der Waals surface area contributed by atoms with Crippen LogP contribution < -0.4 is 10.6 Å². The van der Waals surface area contributed by atoms with Crippen molar-refractivity contribution in [1.82, 2.24) is 15.5 Å². The predicted octanol–water partition coefficient (Wildman–Crippen LogP) is 3.16. The Hall–Kier alpha value is -0.570. The number of likely N-dealkylation sites (tertiary alicyclic amines) is 1. The summed E-state index contributed by atoms with van der Waals surface area (Å²) in [6, 6.07) is 0.306. The second-order valence-corrected chi connectivity index (χ2v) is 8.77. The first-order valence-corrected chi connectivity index (χ1v) is 10.9. The lowest BCUT2D eigenvalue weighted by Crippen LogP contribution is -2.48. The van der Waals surface area contributed by atoms with Crippen LogP contribution in [-0.2, 0) is 9.53 Å². The Bertz CT molecular complexity index is 517. The molecule has 0 spiro atoms. The molecule has 3 aliphatic rings. The van der Waals surface area contributed by atoms with Gasteiger partial charge in [0.2, 0.25) is 5.91 Å². The van der Waals surface area contributed by atoms with Gasteiger partial charge >= 0.3 is 0 Å². The van der Waals surface area contributed by atoms with Crippen molar-refractivity contribution in [2.24, 2.45) is 16.3 Å². The van der Waals surface area contributed by atoms with E-state index in [2.05, 4.69) is 20.5 Å². The van der Waals surface area contributed by atoms with Gasteiger partial charge in [-0.3, -0.25) is 9.79 Å². The Morgan fingerprint density at radius 1 is 1.18 bits per heavy atom. The number of rotatable bonds is 7. The number of nitrogens with one attached hydrogen (secondary N) is 2. The van der Waals surface area contributed by atoms with Gasteiger partial charge in [0.15, 0.2) is 5.96 Å². The number of amides is 1. The Morgan fingerprint density at radius 2 is 1.89 bits per heavy atom. The van der Waals surface area contributed by atoms with Crippen LogP contribution in [0.4, 0.5) is 0 Å². The first-order chi connectivity index (χ1) is 13.2. The SMILES string of the molecule is CN=C(NCC1(CCOC)CCCC1)NC1CCN(C(=O)C2CCCC2)C1.I. The van der Waals surface area contributed by atoms with Crippen molar-refractivity contribution in [3.8, 4) is 0 Å². The van der Waals surface area contributed by atoms with Crippen LogP contribution in [0.15, 0.2) is 4.99 Å². The molecule has 162 valence electrons. The van der Waals surface area contributed by atoms with E-state index in [0.29, 0.717) is 17.4 Å². The molecule has 1 heterocycles. The Kier molecular flexibility index (Phi) is 9.80. The van der Waals surface area contributed by atoms with E-state index in [9.17, 15) is 4.79 Å². The van der Waals surface area contributed by atoms with Gasteiger partial charge in [-0.05, 0) is 43.9 Å². The number of carbonyl (C=O) groups is 1. The molecule has 0 bridgehead atoms. The summed E-state index contributed by atoms with van der Waals surface area (Å²) in [6.07, 6.45) is 11.9. The molecule has 2 aliphatic carbocycles. The molecule has 2 N–H and O–H groups in total. The molecule has 6 nitrogen and oxygen atoms in total. The van der Waals surface area contributed by atoms with Crippen molar-refractivity contribution >= 4 is 35.8 Å². The summed E-state index contributed by atoms with van der Waals surface area (Å²) in [4.78, 5) is 19.1. The summed E-state index contributed by atoms with van der Waals surface area (Å²) in [5.41, 5.74) is 0.341. The second kappa shape index (κ2) is 11.6. The van der Waals surface area contributed by atoms with Gasteiger partial charge in [0.05, 0.1) is 0 Å². The van der Waals surface area contributed by atoms with Crippen molar-refractivity contribution in [2.75, 3.05) is 40.4 Å². The van der Waals surface area contributed by atoms with Crippen LogP contribution in [0, 0.1) is 11.3 Å². The molecule has 1 saturated heterocycles.